The molecule has 0 aliphatic carbocycles. The first-order valence-electron chi connectivity index (χ1n) is 5.97. The van der Waals surface area contributed by atoms with Crippen LogP contribution in [0.1, 0.15) is 44.5 Å². The Morgan fingerprint density at radius 3 is 2.65 bits per heavy atom. The summed E-state index contributed by atoms with van der Waals surface area (Å²) in [6, 6.07) is 7.19. The van der Waals surface area contributed by atoms with E-state index in [4.69, 9.17) is 10.5 Å². The Morgan fingerprint density at radius 1 is 1.47 bits per heavy atom. The van der Waals surface area contributed by atoms with Crippen molar-refractivity contribution in [3.05, 3.63) is 29.8 Å². The van der Waals surface area contributed by atoms with Crippen molar-refractivity contribution in [2.75, 3.05) is 0 Å². The number of carbonyl (C=O) groups excluding carboxylic acids is 1. The van der Waals surface area contributed by atoms with Crippen molar-refractivity contribution < 1.29 is 9.53 Å². The van der Waals surface area contributed by atoms with Gasteiger partial charge in [-0.2, -0.15) is 0 Å². The molecule has 0 saturated carbocycles. The molecule has 0 radical (unpaired) electrons. The standard InChI is InChI=1S/C14H21NO2/c1-5-14(4,15)13(16)11-7-6-8-12(9-11)17-10(2)3/h6-10H,5,15H2,1-4H3. The maximum absolute atomic E-state index is 12.2. The Morgan fingerprint density at radius 2 is 2.12 bits per heavy atom. The Hall–Kier alpha value is -1.35. The third-order valence-corrected chi connectivity index (χ3v) is 2.72. The molecule has 1 rings (SSSR count). The Labute approximate surface area is 103 Å². The number of Topliss-reactive ketones (excluding diaryl/α,β-unsaturated/α-hetero) is 1. The van der Waals surface area contributed by atoms with Crippen LogP contribution in [0.5, 0.6) is 5.75 Å². The Bertz CT molecular complexity index is 397. The van der Waals surface area contributed by atoms with E-state index in [0.717, 1.165) is 0 Å². The van der Waals surface area contributed by atoms with E-state index in [1.165, 1.54) is 0 Å². The van der Waals surface area contributed by atoms with Crippen molar-refractivity contribution in [1.82, 2.24) is 0 Å². The number of hydrogen-bond donors (Lipinski definition) is 1. The van der Waals surface area contributed by atoms with Crippen LogP contribution in [0.15, 0.2) is 24.3 Å². The highest BCUT2D eigenvalue weighted by atomic mass is 16.5. The average Bonchev–Trinajstić information content (AvgIpc) is 2.27. The molecule has 0 fully saturated rings. The molecule has 1 atom stereocenters. The first kappa shape index (κ1) is 13.7. The maximum atomic E-state index is 12.2. The molecule has 1 aromatic rings. The van der Waals surface area contributed by atoms with Crippen LogP contribution >= 0.6 is 0 Å². The predicted octanol–water partition coefficient (Wildman–Crippen LogP) is 2.78. The van der Waals surface area contributed by atoms with E-state index in [1.54, 1.807) is 19.1 Å². The topological polar surface area (TPSA) is 52.3 Å². The zero-order valence-electron chi connectivity index (χ0n) is 11.0. The molecule has 3 nitrogen and oxygen atoms in total. The van der Waals surface area contributed by atoms with Gasteiger partial charge < -0.3 is 10.5 Å². The van der Waals surface area contributed by atoms with Gasteiger partial charge in [0.15, 0.2) is 5.78 Å². The molecule has 0 aliphatic heterocycles. The predicted molar refractivity (Wildman–Crippen MR) is 69.4 cm³/mol. The third-order valence-electron chi connectivity index (χ3n) is 2.72. The lowest BCUT2D eigenvalue weighted by Crippen LogP contribution is -2.44. The minimum absolute atomic E-state index is 0.0470. The van der Waals surface area contributed by atoms with E-state index in [-0.39, 0.29) is 11.9 Å². The summed E-state index contributed by atoms with van der Waals surface area (Å²) in [5.41, 5.74) is 5.75. The molecule has 0 bridgehead atoms. The van der Waals surface area contributed by atoms with Crippen molar-refractivity contribution in [2.24, 2.45) is 5.73 Å². The SMILES string of the molecule is CCC(C)(N)C(=O)c1cccc(OC(C)C)c1. The molecule has 17 heavy (non-hydrogen) atoms. The fourth-order valence-corrected chi connectivity index (χ4v) is 1.47. The summed E-state index contributed by atoms with van der Waals surface area (Å²) in [5, 5.41) is 0. The molecule has 3 heteroatoms. The molecule has 1 unspecified atom stereocenters. The molecule has 0 amide bonds. The third kappa shape index (κ3) is 3.56. The van der Waals surface area contributed by atoms with E-state index >= 15 is 0 Å². The van der Waals surface area contributed by atoms with Gasteiger partial charge in [-0.3, -0.25) is 4.79 Å². The van der Waals surface area contributed by atoms with Gasteiger partial charge in [-0.15, -0.1) is 0 Å². The smallest absolute Gasteiger partial charge is 0.182 e. The fourth-order valence-electron chi connectivity index (χ4n) is 1.47. The summed E-state index contributed by atoms with van der Waals surface area (Å²) in [6.45, 7) is 7.57. The first-order valence-corrected chi connectivity index (χ1v) is 5.97. The van der Waals surface area contributed by atoms with Crippen molar-refractivity contribution in [3.8, 4) is 5.75 Å². The highest BCUT2D eigenvalue weighted by Crippen LogP contribution is 2.19. The number of carbonyl (C=O) groups is 1. The molecular formula is C14H21NO2. The lowest BCUT2D eigenvalue weighted by Gasteiger charge is -2.21. The highest BCUT2D eigenvalue weighted by Gasteiger charge is 2.27. The highest BCUT2D eigenvalue weighted by molar-refractivity contribution is 6.03. The zero-order valence-corrected chi connectivity index (χ0v) is 11.0. The summed E-state index contributed by atoms with van der Waals surface area (Å²) < 4.78 is 5.56. The summed E-state index contributed by atoms with van der Waals surface area (Å²) in [6.07, 6.45) is 0.706. The van der Waals surface area contributed by atoms with Crippen LogP contribution in [0, 0.1) is 0 Å². The van der Waals surface area contributed by atoms with E-state index in [9.17, 15) is 4.79 Å². The van der Waals surface area contributed by atoms with E-state index < -0.39 is 5.54 Å². The molecular weight excluding hydrogens is 214 g/mol. The van der Waals surface area contributed by atoms with E-state index in [1.807, 2.05) is 32.9 Å². The number of ketones is 1. The second-order valence-electron chi connectivity index (χ2n) is 4.79. The van der Waals surface area contributed by atoms with Gasteiger partial charge in [0.25, 0.3) is 0 Å². The average molecular weight is 235 g/mol. The number of benzene rings is 1. The molecule has 0 aliphatic rings. The van der Waals surface area contributed by atoms with Crippen molar-refractivity contribution in [2.45, 2.75) is 45.8 Å². The first-order chi connectivity index (χ1) is 7.86. The van der Waals surface area contributed by atoms with Crippen molar-refractivity contribution in [1.29, 1.82) is 0 Å². The van der Waals surface area contributed by atoms with Crippen LogP contribution in [0.4, 0.5) is 0 Å². The Balaban J connectivity index is 2.96. The summed E-state index contributed by atoms with van der Waals surface area (Å²) in [5.74, 6) is 0.659. The molecule has 1 aromatic carbocycles. The van der Waals surface area contributed by atoms with Crippen LogP contribution in [0.2, 0.25) is 0 Å². The molecule has 0 aromatic heterocycles. The maximum Gasteiger partial charge on any atom is 0.182 e. The van der Waals surface area contributed by atoms with Gasteiger partial charge in [0.2, 0.25) is 0 Å². The van der Waals surface area contributed by atoms with Gasteiger partial charge in [-0.1, -0.05) is 19.1 Å². The second-order valence-corrected chi connectivity index (χ2v) is 4.79. The van der Waals surface area contributed by atoms with Crippen LogP contribution in [0.3, 0.4) is 0 Å². The number of ether oxygens (including phenoxy) is 1. The summed E-state index contributed by atoms with van der Waals surface area (Å²) >= 11 is 0. The van der Waals surface area contributed by atoms with E-state index in [0.29, 0.717) is 17.7 Å². The number of hydrogen-bond acceptors (Lipinski definition) is 3. The van der Waals surface area contributed by atoms with Crippen LogP contribution in [-0.4, -0.2) is 17.4 Å². The fraction of sp³-hybridized carbons (Fsp3) is 0.500. The van der Waals surface area contributed by atoms with Gasteiger partial charge in [-0.05, 0) is 39.3 Å². The van der Waals surface area contributed by atoms with Crippen LogP contribution in [0.25, 0.3) is 0 Å². The largest absolute Gasteiger partial charge is 0.491 e. The van der Waals surface area contributed by atoms with Gasteiger partial charge in [0.1, 0.15) is 5.75 Å². The zero-order chi connectivity index (χ0) is 13.1. The van der Waals surface area contributed by atoms with Gasteiger partial charge in [-0.25, -0.2) is 0 Å². The molecule has 94 valence electrons. The summed E-state index contributed by atoms with van der Waals surface area (Å²) in [4.78, 5) is 12.2. The summed E-state index contributed by atoms with van der Waals surface area (Å²) in [7, 11) is 0. The van der Waals surface area contributed by atoms with Gasteiger partial charge in [0.05, 0.1) is 11.6 Å². The van der Waals surface area contributed by atoms with E-state index in [2.05, 4.69) is 0 Å². The van der Waals surface area contributed by atoms with Gasteiger partial charge >= 0.3 is 0 Å². The minimum atomic E-state index is -0.809. The van der Waals surface area contributed by atoms with Crippen LogP contribution in [-0.2, 0) is 0 Å². The normalized spacial score (nSPS) is 14.5. The monoisotopic (exact) mass is 235 g/mol. The van der Waals surface area contributed by atoms with Crippen molar-refractivity contribution in [3.63, 3.8) is 0 Å². The molecule has 0 saturated heterocycles. The number of nitrogens with two attached hydrogens (primary N) is 1. The number of rotatable bonds is 5. The minimum Gasteiger partial charge on any atom is -0.491 e. The lowest BCUT2D eigenvalue weighted by atomic mass is 9.90. The quantitative estimate of drug-likeness (QED) is 0.798. The molecule has 2 N–H and O–H groups in total. The van der Waals surface area contributed by atoms with Crippen molar-refractivity contribution >= 4 is 5.78 Å². The van der Waals surface area contributed by atoms with Gasteiger partial charge in [0, 0.05) is 5.56 Å². The van der Waals surface area contributed by atoms with Crippen LogP contribution < -0.4 is 10.5 Å². The molecule has 0 heterocycles. The second kappa shape index (κ2) is 5.32. The lowest BCUT2D eigenvalue weighted by molar-refractivity contribution is 0.0897. The molecule has 0 spiro atoms. The Kier molecular flexibility index (Phi) is 4.29.